The van der Waals surface area contributed by atoms with Crippen molar-refractivity contribution in [1.29, 1.82) is 0 Å². The molecule has 1 fully saturated rings. The molecule has 1 atom stereocenters. The quantitative estimate of drug-likeness (QED) is 0.629. The number of carboxylic acids is 1. The Labute approximate surface area is 124 Å². The molecule has 1 rings (SSSR count). The van der Waals surface area contributed by atoms with Gasteiger partial charge in [-0.05, 0) is 19.3 Å². The highest BCUT2D eigenvalue weighted by Gasteiger charge is 2.32. The summed E-state index contributed by atoms with van der Waals surface area (Å²) in [6.07, 6.45) is 1.16. The Morgan fingerprint density at radius 1 is 1.38 bits per heavy atom. The molecule has 1 heterocycles. The molecule has 0 bridgehead atoms. The van der Waals surface area contributed by atoms with Gasteiger partial charge in [-0.2, -0.15) is 12.7 Å². The van der Waals surface area contributed by atoms with Crippen LogP contribution in [0, 0.1) is 11.8 Å². The highest BCUT2D eigenvalue weighted by atomic mass is 32.2. The molecule has 21 heavy (non-hydrogen) atoms. The van der Waals surface area contributed by atoms with Crippen LogP contribution in [0.2, 0.25) is 0 Å². The summed E-state index contributed by atoms with van der Waals surface area (Å²) in [4.78, 5) is 22.3. The van der Waals surface area contributed by atoms with Crippen LogP contribution in [0.5, 0.6) is 0 Å². The van der Waals surface area contributed by atoms with Crippen LogP contribution >= 0.6 is 0 Å². The average molecular weight is 322 g/mol. The van der Waals surface area contributed by atoms with Crippen LogP contribution in [0.4, 0.5) is 0 Å². The highest BCUT2D eigenvalue weighted by Crippen LogP contribution is 2.20. The van der Waals surface area contributed by atoms with Crippen LogP contribution in [0.1, 0.15) is 26.2 Å². The molecule has 0 radical (unpaired) electrons. The second-order valence-electron chi connectivity index (χ2n) is 4.99. The third-order valence-electron chi connectivity index (χ3n) is 3.68. The first kappa shape index (κ1) is 17.9. The number of methoxy groups -OCH3 is 1. The zero-order chi connectivity index (χ0) is 16.0. The third kappa shape index (κ3) is 4.94. The molecule has 0 spiro atoms. The number of hydrogen-bond acceptors (Lipinski definition) is 5. The van der Waals surface area contributed by atoms with E-state index in [2.05, 4.69) is 9.46 Å². The number of nitrogens with one attached hydrogen (secondary N) is 1. The fourth-order valence-corrected chi connectivity index (χ4v) is 3.49. The maximum absolute atomic E-state index is 12.1. The minimum absolute atomic E-state index is 0.134. The van der Waals surface area contributed by atoms with Crippen molar-refractivity contribution in [2.24, 2.45) is 11.8 Å². The van der Waals surface area contributed by atoms with Gasteiger partial charge >= 0.3 is 11.9 Å². The minimum atomic E-state index is -3.71. The van der Waals surface area contributed by atoms with Crippen LogP contribution < -0.4 is 4.72 Å². The van der Waals surface area contributed by atoms with Gasteiger partial charge in [-0.1, -0.05) is 6.92 Å². The Morgan fingerprint density at radius 3 is 2.38 bits per heavy atom. The van der Waals surface area contributed by atoms with Crippen molar-refractivity contribution in [3.63, 3.8) is 0 Å². The standard InChI is InChI=1S/C12H22N2O6S/c1-3-9(11(15)16)8-13-21(18,19)14-6-4-10(5-7-14)12(17)20-2/h9-10,13H,3-8H2,1-2H3,(H,15,16). The first-order valence-electron chi connectivity index (χ1n) is 6.87. The number of carbonyl (C=O) groups excluding carboxylic acids is 1. The fourth-order valence-electron chi connectivity index (χ4n) is 2.20. The Bertz CT molecular complexity index is 470. The molecule has 1 saturated heterocycles. The summed E-state index contributed by atoms with van der Waals surface area (Å²) in [5, 5.41) is 8.90. The summed E-state index contributed by atoms with van der Waals surface area (Å²) in [5.41, 5.74) is 0. The largest absolute Gasteiger partial charge is 0.481 e. The Kier molecular flexibility index (Phi) is 6.56. The molecule has 0 saturated carbocycles. The summed E-state index contributed by atoms with van der Waals surface area (Å²) in [5.74, 6) is -2.36. The van der Waals surface area contributed by atoms with E-state index in [9.17, 15) is 18.0 Å². The van der Waals surface area contributed by atoms with Crippen LogP contribution in [0.3, 0.4) is 0 Å². The van der Waals surface area contributed by atoms with Crippen LogP contribution in [-0.2, 0) is 24.5 Å². The average Bonchev–Trinajstić information content (AvgIpc) is 2.46. The number of ether oxygens (including phenoxy) is 1. The summed E-state index contributed by atoms with van der Waals surface area (Å²) in [7, 11) is -2.40. The molecule has 8 nitrogen and oxygen atoms in total. The van der Waals surface area contributed by atoms with E-state index < -0.39 is 22.1 Å². The predicted molar refractivity (Wildman–Crippen MR) is 74.7 cm³/mol. The van der Waals surface area contributed by atoms with E-state index >= 15 is 0 Å². The Hall–Kier alpha value is -1.19. The number of piperidine rings is 1. The molecule has 1 unspecified atom stereocenters. The zero-order valence-corrected chi connectivity index (χ0v) is 13.1. The fraction of sp³-hybridized carbons (Fsp3) is 0.833. The van der Waals surface area contributed by atoms with Crippen molar-refractivity contribution >= 4 is 22.1 Å². The molecule has 1 aliphatic rings. The molecule has 122 valence electrons. The van der Waals surface area contributed by atoms with Gasteiger partial charge in [-0.3, -0.25) is 9.59 Å². The molecule has 0 aliphatic carbocycles. The molecule has 0 amide bonds. The minimum Gasteiger partial charge on any atom is -0.481 e. The maximum Gasteiger partial charge on any atom is 0.308 e. The van der Waals surface area contributed by atoms with Crippen molar-refractivity contribution in [2.75, 3.05) is 26.7 Å². The van der Waals surface area contributed by atoms with E-state index in [0.717, 1.165) is 0 Å². The lowest BCUT2D eigenvalue weighted by Crippen LogP contribution is -2.47. The SMILES string of the molecule is CCC(CNS(=O)(=O)N1CCC(C(=O)OC)CC1)C(=O)O. The number of hydrogen-bond donors (Lipinski definition) is 2. The van der Waals surface area contributed by atoms with Gasteiger partial charge in [0.1, 0.15) is 0 Å². The second kappa shape index (κ2) is 7.71. The lowest BCUT2D eigenvalue weighted by Gasteiger charge is -2.30. The topological polar surface area (TPSA) is 113 Å². The van der Waals surface area contributed by atoms with E-state index in [1.165, 1.54) is 11.4 Å². The van der Waals surface area contributed by atoms with Gasteiger partial charge in [0, 0.05) is 19.6 Å². The van der Waals surface area contributed by atoms with Gasteiger partial charge in [0.05, 0.1) is 18.9 Å². The first-order chi connectivity index (χ1) is 9.81. The number of carbonyl (C=O) groups is 2. The van der Waals surface area contributed by atoms with E-state index in [1.807, 2.05) is 0 Å². The van der Waals surface area contributed by atoms with Gasteiger partial charge in [0.2, 0.25) is 0 Å². The molecule has 0 aromatic carbocycles. The van der Waals surface area contributed by atoms with Gasteiger partial charge in [-0.25, -0.2) is 4.72 Å². The lowest BCUT2D eigenvalue weighted by atomic mass is 9.99. The molecule has 1 aliphatic heterocycles. The van der Waals surface area contributed by atoms with E-state index in [1.54, 1.807) is 6.92 Å². The van der Waals surface area contributed by atoms with Crippen LogP contribution in [-0.4, -0.2) is 56.5 Å². The lowest BCUT2D eigenvalue weighted by molar-refractivity contribution is -0.146. The number of nitrogens with zero attached hydrogens (tertiary/aromatic N) is 1. The van der Waals surface area contributed by atoms with Crippen molar-refractivity contribution in [3.05, 3.63) is 0 Å². The molecule has 0 aromatic rings. The van der Waals surface area contributed by atoms with Gasteiger partial charge < -0.3 is 9.84 Å². The smallest absolute Gasteiger partial charge is 0.308 e. The summed E-state index contributed by atoms with van der Waals surface area (Å²) < 4.78 is 32.4. The van der Waals surface area contributed by atoms with Crippen molar-refractivity contribution in [2.45, 2.75) is 26.2 Å². The Balaban J connectivity index is 2.53. The number of rotatable bonds is 7. The van der Waals surface area contributed by atoms with E-state index in [-0.39, 0.29) is 31.5 Å². The van der Waals surface area contributed by atoms with Gasteiger partial charge in [0.25, 0.3) is 10.2 Å². The third-order valence-corrected chi connectivity index (χ3v) is 5.26. The van der Waals surface area contributed by atoms with Crippen LogP contribution in [0.25, 0.3) is 0 Å². The van der Waals surface area contributed by atoms with Gasteiger partial charge in [0.15, 0.2) is 0 Å². The molecular weight excluding hydrogens is 300 g/mol. The number of aliphatic carboxylic acids is 1. The van der Waals surface area contributed by atoms with Crippen molar-refractivity contribution < 1.29 is 27.9 Å². The van der Waals surface area contributed by atoms with E-state index in [4.69, 9.17) is 5.11 Å². The summed E-state index contributed by atoms with van der Waals surface area (Å²) >= 11 is 0. The van der Waals surface area contributed by atoms with Crippen molar-refractivity contribution in [3.8, 4) is 0 Å². The van der Waals surface area contributed by atoms with Crippen LogP contribution in [0.15, 0.2) is 0 Å². The summed E-state index contributed by atoms with van der Waals surface area (Å²) in [6, 6.07) is 0. The summed E-state index contributed by atoms with van der Waals surface area (Å²) in [6.45, 7) is 2.00. The normalized spacial score (nSPS) is 19.1. The zero-order valence-electron chi connectivity index (χ0n) is 12.2. The van der Waals surface area contributed by atoms with Gasteiger partial charge in [-0.15, -0.1) is 0 Å². The second-order valence-corrected chi connectivity index (χ2v) is 6.75. The van der Waals surface area contributed by atoms with Crippen molar-refractivity contribution in [1.82, 2.24) is 9.03 Å². The number of esters is 1. The molecule has 0 aromatic heterocycles. The first-order valence-corrected chi connectivity index (χ1v) is 8.31. The predicted octanol–water partition coefficient (Wildman–Crippen LogP) is -0.183. The Morgan fingerprint density at radius 2 is 1.95 bits per heavy atom. The maximum atomic E-state index is 12.1. The molecule has 2 N–H and O–H groups in total. The highest BCUT2D eigenvalue weighted by molar-refractivity contribution is 7.87. The number of carboxylic acid groups (broad SMARTS) is 1. The molecule has 9 heteroatoms. The molecular formula is C12H22N2O6S. The van der Waals surface area contributed by atoms with E-state index in [0.29, 0.717) is 19.3 Å². The monoisotopic (exact) mass is 322 g/mol.